The number of hydrogen-bond donors (Lipinski definition) is 1. The van der Waals surface area contributed by atoms with Crippen molar-refractivity contribution in [1.29, 1.82) is 0 Å². The van der Waals surface area contributed by atoms with Crippen molar-refractivity contribution in [3.8, 4) is 0 Å². The molecule has 0 bridgehead atoms. The third kappa shape index (κ3) is 2.40. The average molecular weight is 281 g/mol. The van der Waals surface area contributed by atoms with Crippen molar-refractivity contribution in [2.75, 3.05) is 7.11 Å². The highest BCUT2D eigenvalue weighted by atomic mass is 16.5. The summed E-state index contributed by atoms with van der Waals surface area (Å²) in [6.07, 6.45) is 1.71. The van der Waals surface area contributed by atoms with Crippen LogP contribution in [0.25, 0.3) is 10.8 Å². The van der Waals surface area contributed by atoms with Crippen LogP contribution in [0.15, 0.2) is 54.2 Å². The molecule has 4 nitrogen and oxygen atoms in total. The summed E-state index contributed by atoms with van der Waals surface area (Å²) in [7, 11) is 1.27. The van der Waals surface area contributed by atoms with Gasteiger partial charge in [-0.25, -0.2) is 4.79 Å². The number of fused-ring (bicyclic) bond motifs is 1. The molecule has 2 aromatic rings. The number of hydrogen-bond acceptors (Lipinski definition) is 4. The second-order valence-electron chi connectivity index (χ2n) is 4.96. The molecule has 1 heterocycles. The highest BCUT2D eigenvalue weighted by Crippen LogP contribution is 2.29. The Bertz CT molecular complexity index is 743. The Morgan fingerprint density at radius 1 is 1.19 bits per heavy atom. The third-order valence-corrected chi connectivity index (χ3v) is 3.72. The van der Waals surface area contributed by atoms with Gasteiger partial charge in [0.25, 0.3) is 0 Å². The average Bonchev–Trinajstić information content (AvgIpc) is 2.53. The summed E-state index contributed by atoms with van der Waals surface area (Å²) in [6, 6.07) is 13.9. The van der Waals surface area contributed by atoms with Crippen molar-refractivity contribution >= 4 is 22.5 Å². The Morgan fingerprint density at radius 2 is 1.95 bits per heavy atom. The SMILES string of the molecule is COC(=O)C1=CNC(c2cccc3ccccc23)CC1=O. The van der Waals surface area contributed by atoms with Gasteiger partial charge in [0.05, 0.1) is 13.2 Å². The summed E-state index contributed by atoms with van der Waals surface area (Å²) in [4.78, 5) is 23.6. The molecular weight excluding hydrogens is 266 g/mol. The molecule has 1 N–H and O–H groups in total. The molecule has 0 spiro atoms. The highest BCUT2D eigenvalue weighted by molar-refractivity contribution is 6.17. The number of nitrogens with one attached hydrogen (secondary N) is 1. The van der Waals surface area contributed by atoms with E-state index in [4.69, 9.17) is 0 Å². The van der Waals surface area contributed by atoms with E-state index < -0.39 is 5.97 Å². The van der Waals surface area contributed by atoms with Crippen molar-refractivity contribution in [3.05, 3.63) is 59.8 Å². The molecule has 0 amide bonds. The Kier molecular flexibility index (Phi) is 3.44. The van der Waals surface area contributed by atoms with Gasteiger partial charge in [0.2, 0.25) is 0 Å². The molecule has 0 aromatic heterocycles. The van der Waals surface area contributed by atoms with E-state index in [1.165, 1.54) is 13.3 Å². The quantitative estimate of drug-likeness (QED) is 0.679. The zero-order valence-electron chi connectivity index (χ0n) is 11.6. The minimum absolute atomic E-state index is 0.0778. The monoisotopic (exact) mass is 281 g/mol. The first-order valence-electron chi connectivity index (χ1n) is 6.76. The number of carbonyl (C=O) groups excluding carboxylic acids is 2. The van der Waals surface area contributed by atoms with Crippen LogP contribution in [-0.2, 0) is 14.3 Å². The number of benzene rings is 2. The van der Waals surface area contributed by atoms with Crippen LogP contribution in [0, 0.1) is 0 Å². The van der Waals surface area contributed by atoms with Crippen molar-refractivity contribution in [3.63, 3.8) is 0 Å². The predicted octanol–water partition coefficient (Wildman–Crippen LogP) is 2.50. The van der Waals surface area contributed by atoms with E-state index in [-0.39, 0.29) is 23.8 Å². The largest absolute Gasteiger partial charge is 0.465 e. The van der Waals surface area contributed by atoms with Crippen LogP contribution in [0.4, 0.5) is 0 Å². The first kappa shape index (κ1) is 13.4. The molecule has 2 aromatic carbocycles. The summed E-state index contributed by atoms with van der Waals surface area (Å²) >= 11 is 0. The molecular formula is C17H15NO3. The summed E-state index contributed by atoms with van der Waals surface area (Å²) in [5.74, 6) is -0.789. The van der Waals surface area contributed by atoms with Crippen LogP contribution in [0.1, 0.15) is 18.0 Å². The summed E-state index contributed by atoms with van der Waals surface area (Å²) in [5.41, 5.74) is 1.13. The van der Waals surface area contributed by atoms with E-state index >= 15 is 0 Å². The smallest absolute Gasteiger partial charge is 0.342 e. The fraction of sp³-hybridized carbons (Fsp3) is 0.176. The topological polar surface area (TPSA) is 55.4 Å². The molecule has 0 fully saturated rings. The molecule has 0 aliphatic carbocycles. The van der Waals surface area contributed by atoms with Gasteiger partial charge in [-0.05, 0) is 16.3 Å². The van der Waals surface area contributed by atoms with Crippen LogP contribution >= 0.6 is 0 Å². The van der Waals surface area contributed by atoms with Gasteiger partial charge in [0, 0.05) is 12.6 Å². The lowest BCUT2D eigenvalue weighted by Gasteiger charge is -2.23. The summed E-state index contributed by atoms with van der Waals surface area (Å²) in [5, 5.41) is 5.38. The number of ether oxygens (including phenoxy) is 1. The van der Waals surface area contributed by atoms with E-state index in [1.54, 1.807) is 0 Å². The number of methoxy groups -OCH3 is 1. The standard InChI is InChI=1S/C17H15NO3/c1-21-17(20)14-10-18-15(9-16(14)19)13-8-4-6-11-5-2-3-7-12(11)13/h2-8,10,15,18H,9H2,1H3. The second-order valence-corrected chi connectivity index (χ2v) is 4.96. The van der Waals surface area contributed by atoms with E-state index in [0.717, 1.165) is 16.3 Å². The molecule has 1 atom stereocenters. The zero-order chi connectivity index (χ0) is 14.8. The van der Waals surface area contributed by atoms with E-state index in [9.17, 15) is 9.59 Å². The van der Waals surface area contributed by atoms with Crippen molar-refractivity contribution in [1.82, 2.24) is 5.32 Å². The molecule has 0 saturated carbocycles. The maximum Gasteiger partial charge on any atom is 0.342 e. The Balaban J connectivity index is 1.97. The molecule has 0 radical (unpaired) electrons. The fourth-order valence-electron chi connectivity index (χ4n) is 2.66. The number of carbonyl (C=O) groups is 2. The van der Waals surface area contributed by atoms with Crippen LogP contribution in [-0.4, -0.2) is 18.9 Å². The maximum atomic E-state index is 12.1. The Labute approximate surface area is 122 Å². The van der Waals surface area contributed by atoms with Gasteiger partial charge in [-0.1, -0.05) is 42.5 Å². The van der Waals surface area contributed by atoms with Crippen LogP contribution in [0.3, 0.4) is 0 Å². The number of esters is 1. The number of Topliss-reactive ketones (excluding diaryl/α,β-unsaturated/α-hetero) is 1. The fourth-order valence-corrected chi connectivity index (χ4v) is 2.66. The Hall–Kier alpha value is -2.62. The number of rotatable bonds is 2. The van der Waals surface area contributed by atoms with Crippen LogP contribution < -0.4 is 5.32 Å². The van der Waals surface area contributed by atoms with Crippen molar-refractivity contribution in [2.24, 2.45) is 0 Å². The maximum absolute atomic E-state index is 12.1. The van der Waals surface area contributed by atoms with E-state index in [2.05, 4.69) is 10.1 Å². The molecule has 1 unspecified atom stereocenters. The van der Waals surface area contributed by atoms with Gasteiger partial charge < -0.3 is 10.1 Å². The second kappa shape index (κ2) is 5.40. The predicted molar refractivity (Wildman–Crippen MR) is 79.5 cm³/mol. The molecule has 0 saturated heterocycles. The van der Waals surface area contributed by atoms with Gasteiger partial charge >= 0.3 is 5.97 Å². The first-order chi connectivity index (χ1) is 10.2. The molecule has 21 heavy (non-hydrogen) atoms. The third-order valence-electron chi connectivity index (χ3n) is 3.72. The van der Waals surface area contributed by atoms with Crippen LogP contribution in [0.2, 0.25) is 0 Å². The summed E-state index contributed by atoms with van der Waals surface area (Å²) < 4.78 is 4.60. The highest BCUT2D eigenvalue weighted by Gasteiger charge is 2.28. The van der Waals surface area contributed by atoms with E-state index in [1.807, 2.05) is 42.5 Å². The van der Waals surface area contributed by atoms with Gasteiger partial charge in [-0.15, -0.1) is 0 Å². The van der Waals surface area contributed by atoms with Gasteiger partial charge in [0.1, 0.15) is 5.57 Å². The van der Waals surface area contributed by atoms with Crippen molar-refractivity contribution in [2.45, 2.75) is 12.5 Å². The molecule has 106 valence electrons. The van der Waals surface area contributed by atoms with Gasteiger partial charge in [0.15, 0.2) is 5.78 Å². The number of ketones is 1. The first-order valence-corrected chi connectivity index (χ1v) is 6.76. The lowest BCUT2D eigenvalue weighted by atomic mass is 9.92. The molecule has 1 aliphatic heterocycles. The van der Waals surface area contributed by atoms with Gasteiger partial charge in [-0.2, -0.15) is 0 Å². The Morgan fingerprint density at radius 3 is 2.71 bits per heavy atom. The molecule has 3 rings (SSSR count). The van der Waals surface area contributed by atoms with Crippen molar-refractivity contribution < 1.29 is 14.3 Å². The zero-order valence-corrected chi connectivity index (χ0v) is 11.6. The van der Waals surface area contributed by atoms with Gasteiger partial charge in [-0.3, -0.25) is 4.79 Å². The lowest BCUT2D eigenvalue weighted by molar-refractivity contribution is -0.138. The minimum Gasteiger partial charge on any atom is -0.465 e. The molecule has 1 aliphatic rings. The minimum atomic E-state index is -0.594. The van der Waals surface area contributed by atoms with Crippen LogP contribution in [0.5, 0.6) is 0 Å². The molecule has 4 heteroatoms. The lowest BCUT2D eigenvalue weighted by Crippen LogP contribution is -2.30. The summed E-state index contributed by atoms with van der Waals surface area (Å²) in [6.45, 7) is 0. The van der Waals surface area contributed by atoms with E-state index in [0.29, 0.717) is 0 Å². The normalized spacial score (nSPS) is 18.0.